The predicted octanol–water partition coefficient (Wildman–Crippen LogP) is 3.92. The van der Waals surface area contributed by atoms with Gasteiger partial charge in [-0.25, -0.2) is 8.42 Å². The highest BCUT2D eigenvalue weighted by molar-refractivity contribution is 7.93. The normalized spacial score (nSPS) is 13.5. The van der Waals surface area contributed by atoms with E-state index in [4.69, 9.17) is 9.47 Å². The minimum absolute atomic E-state index is 0.134. The maximum absolute atomic E-state index is 13.7. The summed E-state index contributed by atoms with van der Waals surface area (Å²) in [5.41, 5.74) is 1.45. The maximum Gasteiger partial charge on any atom is 0.266 e. The van der Waals surface area contributed by atoms with Crippen molar-refractivity contribution in [1.82, 2.24) is 8.75 Å². The van der Waals surface area contributed by atoms with E-state index in [0.29, 0.717) is 41.4 Å². The molecule has 0 spiro atoms. The Morgan fingerprint density at radius 1 is 1.00 bits per heavy atom. The lowest BCUT2D eigenvalue weighted by molar-refractivity contribution is 0.171. The first kappa shape index (κ1) is 18.3. The van der Waals surface area contributed by atoms with Crippen LogP contribution in [0.1, 0.15) is 4.88 Å². The van der Waals surface area contributed by atoms with Gasteiger partial charge in [0.25, 0.3) is 10.0 Å². The Kier molecular flexibility index (Phi) is 4.61. The van der Waals surface area contributed by atoms with Crippen molar-refractivity contribution in [2.24, 2.45) is 0 Å². The first-order valence-electron chi connectivity index (χ1n) is 8.79. The third kappa shape index (κ3) is 3.33. The summed E-state index contributed by atoms with van der Waals surface area (Å²) in [7, 11) is -3.91. The first-order chi connectivity index (χ1) is 14.1. The van der Waals surface area contributed by atoms with E-state index in [1.165, 1.54) is 15.6 Å². The summed E-state index contributed by atoms with van der Waals surface area (Å²) in [6.45, 7) is 1.11. The minimum atomic E-state index is -3.91. The summed E-state index contributed by atoms with van der Waals surface area (Å²) in [5.74, 6) is 1.15. The number of fused-ring (bicyclic) bond motifs is 2. The quantitative estimate of drug-likeness (QED) is 0.463. The molecule has 0 N–H and O–H groups in total. The fraction of sp³-hybridized carbons (Fsp3) is 0.158. The van der Waals surface area contributed by atoms with Gasteiger partial charge in [0, 0.05) is 10.9 Å². The van der Waals surface area contributed by atoms with Crippen LogP contribution in [0.5, 0.6) is 11.5 Å². The Balaban J connectivity index is 1.65. The molecule has 4 aromatic rings. The molecule has 0 fully saturated rings. The van der Waals surface area contributed by atoms with Crippen LogP contribution in [0.25, 0.3) is 11.0 Å². The van der Waals surface area contributed by atoms with Gasteiger partial charge in [0.1, 0.15) is 29.1 Å². The SMILES string of the molecule is O=S(=O)(c1cccc2nsnc12)N(Cc1cccs1)c1ccc2c(c1)OCCO2. The number of aromatic nitrogens is 2. The molecule has 2 aromatic carbocycles. The smallest absolute Gasteiger partial charge is 0.266 e. The van der Waals surface area contributed by atoms with Crippen LogP contribution in [-0.2, 0) is 16.6 Å². The lowest BCUT2D eigenvalue weighted by atomic mass is 10.2. The second-order valence-corrected chi connectivity index (χ2v) is 9.70. The zero-order valence-electron chi connectivity index (χ0n) is 15.0. The standard InChI is InChI=1S/C19H15N3O4S3/c23-29(24,18-5-1-4-15-19(18)21-28-20-15)22(12-14-3-2-10-27-14)13-6-7-16-17(11-13)26-9-8-25-16/h1-7,10-11H,8-9,12H2. The molecule has 0 bridgehead atoms. The summed E-state index contributed by atoms with van der Waals surface area (Å²) in [6.07, 6.45) is 0. The Hall–Kier alpha value is -2.69. The van der Waals surface area contributed by atoms with Crippen molar-refractivity contribution in [2.45, 2.75) is 11.4 Å². The molecule has 2 aromatic heterocycles. The molecule has 0 unspecified atom stereocenters. The van der Waals surface area contributed by atoms with Crippen LogP contribution in [0.2, 0.25) is 0 Å². The van der Waals surface area contributed by atoms with Crippen LogP contribution in [0.15, 0.2) is 58.8 Å². The Morgan fingerprint density at radius 3 is 2.69 bits per heavy atom. The topological polar surface area (TPSA) is 81.6 Å². The van der Waals surface area contributed by atoms with E-state index >= 15 is 0 Å². The molecule has 1 aliphatic rings. The average Bonchev–Trinajstić information content (AvgIpc) is 3.43. The molecule has 0 aliphatic carbocycles. The van der Waals surface area contributed by atoms with E-state index < -0.39 is 10.0 Å². The number of ether oxygens (including phenoxy) is 2. The van der Waals surface area contributed by atoms with E-state index in [1.54, 1.807) is 36.4 Å². The molecule has 29 heavy (non-hydrogen) atoms. The van der Waals surface area contributed by atoms with Crippen molar-refractivity contribution in [2.75, 3.05) is 17.5 Å². The minimum Gasteiger partial charge on any atom is -0.486 e. The summed E-state index contributed by atoms with van der Waals surface area (Å²) in [6, 6.07) is 14.0. The van der Waals surface area contributed by atoms with Crippen molar-refractivity contribution in [3.05, 3.63) is 58.8 Å². The lowest BCUT2D eigenvalue weighted by Gasteiger charge is -2.26. The van der Waals surface area contributed by atoms with Crippen molar-refractivity contribution < 1.29 is 17.9 Å². The number of hydrogen-bond donors (Lipinski definition) is 0. The number of rotatable bonds is 5. The molecule has 148 valence electrons. The average molecular weight is 446 g/mol. The largest absolute Gasteiger partial charge is 0.486 e. The van der Waals surface area contributed by atoms with Crippen molar-refractivity contribution in [1.29, 1.82) is 0 Å². The molecule has 7 nitrogen and oxygen atoms in total. The summed E-state index contributed by atoms with van der Waals surface area (Å²) < 4.78 is 48.5. The van der Waals surface area contributed by atoms with Gasteiger partial charge < -0.3 is 9.47 Å². The number of thiophene rings is 1. The molecule has 1 aliphatic heterocycles. The van der Waals surface area contributed by atoms with Crippen LogP contribution in [0.4, 0.5) is 5.69 Å². The summed E-state index contributed by atoms with van der Waals surface area (Å²) >= 11 is 2.50. The van der Waals surface area contributed by atoms with Gasteiger partial charge in [-0.2, -0.15) is 8.75 Å². The fourth-order valence-corrected chi connectivity index (χ4v) is 6.12. The zero-order chi connectivity index (χ0) is 19.8. The van der Waals surface area contributed by atoms with E-state index in [2.05, 4.69) is 8.75 Å². The van der Waals surface area contributed by atoms with Crippen LogP contribution in [0.3, 0.4) is 0 Å². The predicted molar refractivity (Wildman–Crippen MR) is 113 cm³/mol. The number of sulfonamides is 1. The van der Waals surface area contributed by atoms with Crippen LogP contribution >= 0.6 is 23.1 Å². The van der Waals surface area contributed by atoms with Gasteiger partial charge >= 0.3 is 0 Å². The van der Waals surface area contributed by atoms with Gasteiger partial charge in [-0.1, -0.05) is 12.1 Å². The van der Waals surface area contributed by atoms with E-state index in [-0.39, 0.29) is 11.4 Å². The van der Waals surface area contributed by atoms with Gasteiger partial charge in [0.05, 0.1) is 24.0 Å². The lowest BCUT2D eigenvalue weighted by Crippen LogP contribution is -2.30. The molecule has 10 heteroatoms. The van der Waals surface area contributed by atoms with Crippen molar-refractivity contribution >= 4 is 49.8 Å². The highest BCUT2D eigenvalue weighted by atomic mass is 32.2. The summed E-state index contributed by atoms with van der Waals surface area (Å²) in [4.78, 5) is 1.06. The Morgan fingerprint density at radius 2 is 1.86 bits per heavy atom. The number of nitrogens with zero attached hydrogens (tertiary/aromatic N) is 3. The molecule has 5 rings (SSSR count). The molecule has 0 amide bonds. The first-order valence-corrected chi connectivity index (χ1v) is 11.8. The van der Waals surface area contributed by atoms with E-state index in [0.717, 1.165) is 16.6 Å². The van der Waals surface area contributed by atoms with Crippen molar-refractivity contribution in [3.8, 4) is 11.5 Å². The Labute approximate surface area is 175 Å². The van der Waals surface area contributed by atoms with Gasteiger partial charge in [-0.15, -0.1) is 11.3 Å². The van der Waals surface area contributed by atoms with E-state index in [9.17, 15) is 8.42 Å². The number of hydrogen-bond acceptors (Lipinski definition) is 8. The molecule has 0 radical (unpaired) electrons. The third-order valence-electron chi connectivity index (χ3n) is 4.51. The molecule has 0 saturated heterocycles. The van der Waals surface area contributed by atoms with E-state index in [1.807, 2.05) is 17.5 Å². The van der Waals surface area contributed by atoms with Crippen molar-refractivity contribution in [3.63, 3.8) is 0 Å². The number of anilines is 1. The van der Waals surface area contributed by atoms with Gasteiger partial charge in [0.2, 0.25) is 0 Å². The fourth-order valence-electron chi connectivity index (χ4n) is 3.15. The second-order valence-electron chi connectivity index (χ2n) is 6.31. The monoisotopic (exact) mass is 445 g/mol. The van der Waals surface area contributed by atoms with Gasteiger partial charge in [-0.05, 0) is 35.7 Å². The van der Waals surface area contributed by atoms with Gasteiger partial charge in [0.15, 0.2) is 11.5 Å². The summed E-state index contributed by atoms with van der Waals surface area (Å²) in [5, 5.41) is 1.93. The highest BCUT2D eigenvalue weighted by Gasteiger charge is 2.29. The second kappa shape index (κ2) is 7.29. The third-order valence-corrected chi connectivity index (χ3v) is 7.72. The molecular formula is C19H15N3O4S3. The van der Waals surface area contributed by atoms with Gasteiger partial charge in [-0.3, -0.25) is 4.31 Å². The van der Waals surface area contributed by atoms with Crippen LogP contribution < -0.4 is 13.8 Å². The maximum atomic E-state index is 13.7. The molecule has 0 atom stereocenters. The van der Waals surface area contributed by atoms with Crippen LogP contribution in [-0.4, -0.2) is 30.4 Å². The zero-order valence-corrected chi connectivity index (χ0v) is 17.5. The molecule has 0 saturated carbocycles. The van der Waals surface area contributed by atoms with Crippen LogP contribution in [0, 0.1) is 0 Å². The number of benzene rings is 2. The molecule has 3 heterocycles. The Bertz CT molecular complexity index is 1270. The molecular weight excluding hydrogens is 430 g/mol. The highest BCUT2D eigenvalue weighted by Crippen LogP contribution is 2.37.